The minimum Gasteiger partial charge on any atom is -0.372 e. The fraction of sp³-hybridized carbons (Fsp3) is 0.444. The van der Waals surface area contributed by atoms with Crippen molar-refractivity contribution >= 4 is 28.1 Å². The molecule has 23 heavy (non-hydrogen) atoms. The number of benzene rings is 1. The summed E-state index contributed by atoms with van der Waals surface area (Å²) in [6, 6.07) is 8.49. The van der Waals surface area contributed by atoms with Crippen LogP contribution in [-0.4, -0.2) is 24.0 Å². The van der Waals surface area contributed by atoms with Gasteiger partial charge in [0.1, 0.15) is 0 Å². The highest BCUT2D eigenvalue weighted by molar-refractivity contribution is 7.15. The van der Waals surface area contributed by atoms with Crippen LogP contribution in [0.2, 0.25) is 0 Å². The number of carbonyl (C=O) groups is 1. The Morgan fingerprint density at radius 3 is 2.52 bits per heavy atom. The average molecular weight is 329 g/mol. The van der Waals surface area contributed by atoms with E-state index in [-0.39, 0.29) is 5.91 Å². The van der Waals surface area contributed by atoms with Gasteiger partial charge in [-0.1, -0.05) is 19.3 Å². The number of thiazole rings is 1. The molecule has 3 rings (SSSR count). The molecule has 122 valence electrons. The molecule has 0 aliphatic heterocycles. The van der Waals surface area contributed by atoms with Gasteiger partial charge in [0.2, 0.25) is 0 Å². The third-order valence-corrected chi connectivity index (χ3v) is 5.33. The standard InChI is InChI=1S/C18H23N3OS/c1-13-12-19-18(23-13)20-17(22)14-8-10-16(11-9-14)21(2)15-6-4-3-5-7-15/h8-12,15H,3-7H2,1-2H3,(H,19,20,22). The molecule has 0 atom stereocenters. The quantitative estimate of drug-likeness (QED) is 0.900. The Morgan fingerprint density at radius 1 is 1.22 bits per heavy atom. The predicted molar refractivity (Wildman–Crippen MR) is 96.5 cm³/mol. The molecule has 1 fully saturated rings. The summed E-state index contributed by atoms with van der Waals surface area (Å²) in [6.45, 7) is 1.98. The van der Waals surface area contributed by atoms with Gasteiger partial charge in [0.05, 0.1) is 0 Å². The minimum atomic E-state index is -0.105. The summed E-state index contributed by atoms with van der Waals surface area (Å²) < 4.78 is 0. The summed E-state index contributed by atoms with van der Waals surface area (Å²) >= 11 is 1.49. The van der Waals surface area contributed by atoms with Gasteiger partial charge in [0.15, 0.2) is 5.13 Å². The highest BCUT2D eigenvalue weighted by atomic mass is 32.1. The summed E-state index contributed by atoms with van der Waals surface area (Å²) in [5, 5.41) is 3.49. The van der Waals surface area contributed by atoms with Gasteiger partial charge in [-0.2, -0.15) is 0 Å². The van der Waals surface area contributed by atoms with Crippen molar-refractivity contribution in [1.29, 1.82) is 0 Å². The average Bonchev–Trinajstić information content (AvgIpc) is 3.00. The van der Waals surface area contributed by atoms with Crippen LogP contribution in [0.5, 0.6) is 0 Å². The maximum Gasteiger partial charge on any atom is 0.257 e. The number of hydrogen-bond donors (Lipinski definition) is 1. The lowest BCUT2D eigenvalue weighted by molar-refractivity contribution is 0.102. The molecule has 2 aromatic rings. The van der Waals surface area contributed by atoms with E-state index in [0.29, 0.717) is 16.7 Å². The number of nitrogens with zero attached hydrogens (tertiary/aromatic N) is 2. The van der Waals surface area contributed by atoms with Crippen LogP contribution in [-0.2, 0) is 0 Å². The summed E-state index contributed by atoms with van der Waals surface area (Å²) in [4.78, 5) is 19.9. The summed E-state index contributed by atoms with van der Waals surface area (Å²) in [7, 11) is 2.16. The van der Waals surface area contributed by atoms with Crippen molar-refractivity contribution in [3.63, 3.8) is 0 Å². The molecule has 1 amide bonds. The normalized spacial score (nSPS) is 15.4. The molecule has 1 saturated carbocycles. The van der Waals surface area contributed by atoms with Crippen LogP contribution in [0, 0.1) is 6.92 Å². The molecule has 5 heteroatoms. The van der Waals surface area contributed by atoms with Crippen molar-refractivity contribution in [2.24, 2.45) is 0 Å². The molecule has 0 spiro atoms. The second-order valence-corrected chi connectivity index (χ2v) is 7.41. The zero-order valence-corrected chi connectivity index (χ0v) is 14.5. The fourth-order valence-electron chi connectivity index (χ4n) is 3.11. The minimum absolute atomic E-state index is 0.105. The molecule has 1 aromatic heterocycles. The Hall–Kier alpha value is -1.88. The van der Waals surface area contributed by atoms with Gasteiger partial charge in [-0.3, -0.25) is 10.1 Å². The second-order valence-electron chi connectivity index (χ2n) is 6.18. The Balaban J connectivity index is 1.65. The number of aromatic nitrogens is 1. The number of nitrogens with one attached hydrogen (secondary N) is 1. The van der Waals surface area contributed by atoms with Crippen LogP contribution in [0.15, 0.2) is 30.5 Å². The van der Waals surface area contributed by atoms with Gasteiger partial charge >= 0.3 is 0 Å². The molecule has 0 radical (unpaired) electrons. The van der Waals surface area contributed by atoms with E-state index in [1.165, 1.54) is 49.1 Å². The van der Waals surface area contributed by atoms with Gasteiger partial charge in [-0.05, 0) is 44.0 Å². The SMILES string of the molecule is Cc1cnc(NC(=O)c2ccc(N(C)C3CCCCC3)cc2)s1. The molecule has 4 nitrogen and oxygen atoms in total. The van der Waals surface area contributed by atoms with Gasteiger partial charge < -0.3 is 4.90 Å². The molecule has 0 saturated heterocycles. The molecule has 0 bridgehead atoms. The Kier molecular flexibility index (Phi) is 4.96. The first-order valence-corrected chi connectivity index (χ1v) is 9.02. The number of amides is 1. The largest absolute Gasteiger partial charge is 0.372 e. The van der Waals surface area contributed by atoms with E-state index in [2.05, 4.69) is 22.2 Å². The van der Waals surface area contributed by atoms with Crippen molar-refractivity contribution < 1.29 is 4.79 Å². The van der Waals surface area contributed by atoms with Crippen molar-refractivity contribution in [1.82, 2.24) is 4.98 Å². The van der Waals surface area contributed by atoms with Crippen molar-refractivity contribution in [2.45, 2.75) is 45.1 Å². The van der Waals surface area contributed by atoms with E-state index in [0.717, 1.165) is 4.88 Å². The lowest BCUT2D eigenvalue weighted by Crippen LogP contribution is -2.33. The smallest absolute Gasteiger partial charge is 0.257 e. The van der Waals surface area contributed by atoms with Crippen molar-refractivity contribution in [2.75, 3.05) is 17.3 Å². The Bertz CT molecular complexity index is 659. The van der Waals surface area contributed by atoms with Crippen molar-refractivity contribution in [3.8, 4) is 0 Å². The summed E-state index contributed by atoms with van der Waals surface area (Å²) in [5.74, 6) is -0.105. The van der Waals surface area contributed by atoms with Gasteiger partial charge in [0.25, 0.3) is 5.91 Å². The van der Waals surface area contributed by atoms with Gasteiger partial charge in [0, 0.05) is 35.4 Å². The first kappa shape index (κ1) is 16.0. The van der Waals surface area contributed by atoms with E-state index in [1.807, 2.05) is 31.2 Å². The molecule has 1 aliphatic carbocycles. The van der Waals surface area contributed by atoms with Gasteiger partial charge in [-0.25, -0.2) is 4.98 Å². The molecule has 1 heterocycles. The zero-order chi connectivity index (χ0) is 16.2. The van der Waals surface area contributed by atoms with E-state index >= 15 is 0 Å². The first-order chi connectivity index (χ1) is 11.1. The maximum atomic E-state index is 12.2. The lowest BCUT2D eigenvalue weighted by atomic mass is 9.94. The van der Waals surface area contributed by atoms with E-state index in [1.54, 1.807) is 6.20 Å². The predicted octanol–water partition coefficient (Wildman–Crippen LogP) is 4.47. The van der Waals surface area contributed by atoms with Crippen LogP contribution in [0.25, 0.3) is 0 Å². The van der Waals surface area contributed by atoms with Crippen LogP contribution in [0.3, 0.4) is 0 Å². The summed E-state index contributed by atoms with van der Waals surface area (Å²) in [6.07, 6.45) is 8.30. The lowest BCUT2D eigenvalue weighted by Gasteiger charge is -2.33. The highest BCUT2D eigenvalue weighted by Gasteiger charge is 2.18. The van der Waals surface area contributed by atoms with E-state index < -0.39 is 0 Å². The zero-order valence-electron chi connectivity index (χ0n) is 13.7. The third kappa shape index (κ3) is 3.91. The van der Waals surface area contributed by atoms with Crippen molar-refractivity contribution in [3.05, 3.63) is 40.9 Å². The number of hydrogen-bond acceptors (Lipinski definition) is 4. The van der Waals surface area contributed by atoms with Crippen LogP contribution < -0.4 is 10.2 Å². The van der Waals surface area contributed by atoms with Crippen LogP contribution in [0.4, 0.5) is 10.8 Å². The number of rotatable bonds is 4. The molecular formula is C18H23N3OS. The topological polar surface area (TPSA) is 45.2 Å². The monoisotopic (exact) mass is 329 g/mol. The maximum absolute atomic E-state index is 12.2. The third-order valence-electron chi connectivity index (χ3n) is 4.50. The Morgan fingerprint density at radius 2 is 1.91 bits per heavy atom. The molecule has 1 aliphatic rings. The molecule has 0 unspecified atom stereocenters. The second kappa shape index (κ2) is 7.13. The van der Waals surface area contributed by atoms with E-state index in [9.17, 15) is 4.79 Å². The number of aryl methyl sites for hydroxylation is 1. The summed E-state index contributed by atoms with van der Waals surface area (Å²) in [5.41, 5.74) is 1.84. The van der Waals surface area contributed by atoms with E-state index in [4.69, 9.17) is 0 Å². The molecule has 1 aromatic carbocycles. The highest BCUT2D eigenvalue weighted by Crippen LogP contribution is 2.26. The van der Waals surface area contributed by atoms with Crippen LogP contribution in [0.1, 0.15) is 47.3 Å². The van der Waals surface area contributed by atoms with Gasteiger partial charge in [-0.15, -0.1) is 11.3 Å². The van der Waals surface area contributed by atoms with Crippen LogP contribution >= 0.6 is 11.3 Å². The molecular weight excluding hydrogens is 306 g/mol. The number of carbonyl (C=O) groups excluding carboxylic acids is 1. The molecule has 1 N–H and O–H groups in total. The first-order valence-electron chi connectivity index (χ1n) is 8.20. The Labute approximate surface area is 141 Å². The number of anilines is 2. The fourth-order valence-corrected chi connectivity index (χ4v) is 3.77.